The average molecular weight is 472 g/mol. The molecule has 0 spiro atoms. The van der Waals surface area contributed by atoms with E-state index in [9.17, 15) is 18.5 Å². The number of allylic oxidation sites excluding steroid dienone is 1. The average Bonchev–Trinajstić information content (AvgIpc) is 2.83. The van der Waals surface area contributed by atoms with E-state index in [0.717, 1.165) is 22.8 Å². The minimum absolute atomic E-state index is 0.0514. The Morgan fingerprint density at radius 1 is 1.00 bits per heavy atom. The number of aromatic nitrogens is 2. The van der Waals surface area contributed by atoms with Gasteiger partial charge in [-0.1, -0.05) is 36.4 Å². The van der Waals surface area contributed by atoms with Crippen molar-refractivity contribution in [2.24, 2.45) is 0 Å². The largest absolute Gasteiger partial charge is 0.438 e. The van der Waals surface area contributed by atoms with Gasteiger partial charge in [0.15, 0.2) is 0 Å². The zero-order chi connectivity index (χ0) is 24.5. The molecule has 2 aromatic carbocycles. The zero-order valence-electron chi connectivity index (χ0n) is 18.8. The third kappa shape index (κ3) is 4.09. The Kier molecular flexibility index (Phi) is 6.05. The number of sulfone groups is 1. The van der Waals surface area contributed by atoms with Gasteiger partial charge in [0.2, 0.25) is 15.7 Å². The molecule has 2 heterocycles. The van der Waals surface area contributed by atoms with Gasteiger partial charge in [-0.15, -0.1) is 0 Å². The lowest BCUT2D eigenvalue weighted by molar-refractivity contribution is 0.457. The molecule has 0 radical (unpaired) electrons. The molecule has 8 heteroatoms. The Bertz CT molecular complexity index is 1650. The van der Waals surface area contributed by atoms with Gasteiger partial charge < -0.3 is 4.74 Å². The van der Waals surface area contributed by atoms with E-state index in [1.54, 1.807) is 49.4 Å². The summed E-state index contributed by atoms with van der Waals surface area (Å²) in [5, 5.41) is 9.73. The number of rotatable bonds is 5. The Labute approximate surface area is 197 Å². The van der Waals surface area contributed by atoms with Crippen LogP contribution in [-0.4, -0.2) is 17.8 Å². The van der Waals surface area contributed by atoms with Gasteiger partial charge in [-0.05, 0) is 67.8 Å². The van der Waals surface area contributed by atoms with Crippen LogP contribution in [0.25, 0.3) is 11.7 Å². The van der Waals surface area contributed by atoms with Crippen LogP contribution in [0, 0.1) is 32.1 Å². The molecule has 0 aliphatic carbocycles. The first-order valence-corrected chi connectivity index (χ1v) is 11.9. The second-order valence-electron chi connectivity index (χ2n) is 7.76. The van der Waals surface area contributed by atoms with Crippen LogP contribution in [0.15, 0.2) is 81.5 Å². The fourth-order valence-corrected chi connectivity index (χ4v) is 4.62. The van der Waals surface area contributed by atoms with Gasteiger partial charge in [0.05, 0.1) is 4.90 Å². The summed E-state index contributed by atoms with van der Waals surface area (Å²) in [5.74, 6) is 0.396. The lowest BCUT2D eigenvalue weighted by atomic mass is 10.1. The van der Waals surface area contributed by atoms with Crippen molar-refractivity contribution in [3.05, 3.63) is 104 Å². The van der Waals surface area contributed by atoms with Crippen molar-refractivity contribution in [1.29, 1.82) is 5.26 Å². The summed E-state index contributed by atoms with van der Waals surface area (Å²) in [6.07, 6.45) is 2.57. The maximum atomic E-state index is 13.5. The smallest absolute Gasteiger partial charge is 0.269 e. The summed E-state index contributed by atoms with van der Waals surface area (Å²) in [7, 11) is -4.16. The monoisotopic (exact) mass is 471 g/mol. The molecule has 0 aliphatic heterocycles. The van der Waals surface area contributed by atoms with Crippen LogP contribution in [0.2, 0.25) is 0 Å². The van der Waals surface area contributed by atoms with Gasteiger partial charge >= 0.3 is 0 Å². The van der Waals surface area contributed by atoms with Crippen LogP contribution in [-0.2, 0) is 9.84 Å². The van der Waals surface area contributed by atoms with Gasteiger partial charge in [0, 0.05) is 6.20 Å². The van der Waals surface area contributed by atoms with E-state index in [1.165, 1.54) is 22.7 Å². The molecule has 0 fully saturated rings. The lowest BCUT2D eigenvalue weighted by Gasteiger charge is -2.14. The maximum Gasteiger partial charge on any atom is 0.269 e. The van der Waals surface area contributed by atoms with Crippen LogP contribution in [0.3, 0.4) is 0 Å². The molecule has 0 aliphatic rings. The highest BCUT2D eigenvalue weighted by Gasteiger charge is 2.24. The molecule has 2 aromatic heterocycles. The molecular weight excluding hydrogens is 450 g/mol. The van der Waals surface area contributed by atoms with Gasteiger partial charge in [0.25, 0.3) is 5.56 Å². The number of fused-ring (bicyclic) bond motifs is 1. The number of nitriles is 1. The van der Waals surface area contributed by atoms with Gasteiger partial charge in [0.1, 0.15) is 27.9 Å². The third-order valence-corrected chi connectivity index (χ3v) is 7.22. The summed E-state index contributed by atoms with van der Waals surface area (Å²) in [6.45, 7) is 5.61. The molecule has 0 bridgehead atoms. The SMILES string of the molecule is Cc1cccc(Oc2nc3c(C)cccn3c(=O)c2/C=C(\C#N)S(=O)(=O)c2ccccc2)c1C. The van der Waals surface area contributed by atoms with Crippen molar-refractivity contribution >= 4 is 21.6 Å². The molecule has 0 unspecified atom stereocenters. The topological polar surface area (TPSA) is 102 Å². The van der Waals surface area contributed by atoms with E-state index in [4.69, 9.17) is 4.74 Å². The van der Waals surface area contributed by atoms with Crippen molar-refractivity contribution in [2.75, 3.05) is 0 Å². The highest BCUT2D eigenvalue weighted by atomic mass is 32.2. The second-order valence-corrected chi connectivity index (χ2v) is 9.68. The Hall–Kier alpha value is -4.22. The quantitative estimate of drug-likeness (QED) is 0.389. The van der Waals surface area contributed by atoms with Crippen molar-refractivity contribution in [1.82, 2.24) is 9.38 Å². The Balaban J connectivity index is 2.00. The van der Waals surface area contributed by atoms with Crippen LogP contribution < -0.4 is 10.3 Å². The van der Waals surface area contributed by atoms with Crippen LogP contribution >= 0.6 is 0 Å². The zero-order valence-corrected chi connectivity index (χ0v) is 19.6. The van der Waals surface area contributed by atoms with Crippen LogP contribution in [0.1, 0.15) is 22.3 Å². The molecule has 0 N–H and O–H groups in total. The number of benzene rings is 2. The minimum Gasteiger partial charge on any atom is -0.438 e. The molecule has 0 saturated heterocycles. The number of ether oxygens (including phenoxy) is 1. The normalized spacial score (nSPS) is 11.9. The van der Waals surface area contributed by atoms with E-state index >= 15 is 0 Å². The summed E-state index contributed by atoms with van der Waals surface area (Å²) in [4.78, 5) is 17.3. The van der Waals surface area contributed by atoms with Gasteiger partial charge in [-0.3, -0.25) is 9.20 Å². The van der Waals surface area contributed by atoms with E-state index in [0.29, 0.717) is 11.4 Å². The molecular formula is C26H21N3O4S. The highest BCUT2D eigenvalue weighted by Crippen LogP contribution is 2.30. The molecule has 4 aromatic rings. The van der Waals surface area contributed by atoms with Crippen molar-refractivity contribution < 1.29 is 13.2 Å². The fraction of sp³-hybridized carbons (Fsp3) is 0.115. The van der Waals surface area contributed by atoms with E-state index in [1.807, 2.05) is 26.0 Å². The first-order chi connectivity index (χ1) is 16.2. The molecule has 0 amide bonds. The van der Waals surface area contributed by atoms with Gasteiger partial charge in [-0.2, -0.15) is 10.2 Å². The number of aryl methyl sites for hydroxylation is 2. The fourth-order valence-electron chi connectivity index (χ4n) is 3.46. The van der Waals surface area contributed by atoms with Crippen molar-refractivity contribution in [3.8, 4) is 17.7 Å². The summed E-state index contributed by atoms with van der Waals surface area (Å²) >= 11 is 0. The Morgan fingerprint density at radius 3 is 2.41 bits per heavy atom. The maximum absolute atomic E-state index is 13.5. The number of hydrogen-bond acceptors (Lipinski definition) is 6. The molecule has 0 atom stereocenters. The molecule has 4 rings (SSSR count). The van der Waals surface area contributed by atoms with Gasteiger partial charge in [-0.25, -0.2) is 8.42 Å². The predicted molar refractivity (Wildman–Crippen MR) is 129 cm³/mol. The summed E-state index contributed by atoms with van der Waals surface area (Å²) in [5.41, 5.74) is 2.24. The highest BCUT2D eigenvalue weighted by molar-refractivity contribution is 7.95. The molecule has 7 nitrogen and oxygen atoms in total. The number of pyridine rings is 1. The van der Waals surface area contributed by atoms with Crippen LogP contribution in [0.5, 0.6) is 11.6 Å². The number of hydrogen-bond donors (Lipinski definition) is 0. The molecule has 34 heavy (non-hydrogen) atoms. The minimum atomic E-state index is -4.16. The molecule has 170 valence electrons. The first-order valence-electron chi connectivity index (χ1n) is 10.4. The first kappa shape index (κ1) is 23.0. The predicted octanol–water partition coefficient (Wildman–Crippen LogP) is 4.75. The van der Waals surface area contributed by atoms with Crippen molar-refractivity contribution in [2.45, 2.75) is 25.7 Å². The third-order valence-electron chi connectivity index (χ3n) is 5.54. The second kappa shape index (κ2) is 8.96. The summed E-state index contributed by atoms with van der Waals surface area (Å²) < 4.78 is 33.6. The lowest BCUT2D eigenvalue weighted by Crippen LogP contribution is -2.20. The number of nitrogens with zero attached hydrogens (tertiary/aromatic N) is 3. The van der Waals surface area contributed by atoms with Crippen LogP contribution in [0.4, 0.5) is 0 Å². The Morgan fingerprint density at radius 2 is 1.71 bits per heavy atom. The summed E-state index contributed by atoms with van der Waals surface area (Å²) in [6, 6.07) is 18.3. The van der Waals surface area contributed by atoms with E-state index < -0.39 is 20.3 Å². The van der Waals surface area contributed by atoms with E-state index in [2.05, 4.69) is 4.98 Å². The molecule has 0 saturated carbocycles. The van der Waals surface area contributed by atoms with E-state index in [-0.39, 0.29) is 16.3 Å². The van der Waals surface area contributed by atoms with Crippen molar-refractivity contribution in [3.63, 3.8) is 0 Å². The standard InChI is InChI=1S/C26H21N3O4S/c1-17-9-7-13-23(19(17)3)33-25-22(26(30)29-14-8-10-18(2)24(29)28-25)15-21(16-27)34(31,32)20-11-5-4-6-12-20/h4-15H,1-3H3/b21-15+.